The predicted octanol–water partition coefficient (Wildman–Crippen LogP) is 3.04. The number of benzene rings is 1. The number of aromatic nitrogens is 1. The Morgan fingerprint density at radius 3 is 2.50 bits per heavy atom. The van der Waals surface area contributed by atoms with Crippen molar-refractivity contribution in [2.24, 2.45) is 0 Å². The summed E-state index contributed by atoms with van der Waals surface area (Å²) in [6.07, 6.45) is 0. The Morgan fingerprint density at radius 2 is 1.88 bits per heavy atom. The number of rotatable bonds is 1. The van der Waals surface area contributed by atoms with Crippen LogP contribution in [0, 0.1) is 18.6 Å². The van der Waals surface area contributed by atoms with Gasteiger partial charge in [0.2, 0.25) is 0 Å². The van der Waals surface area contributed by atoms with Crippen LogP contribution in [0.3, 0.4) is 0 Å². The van der Waals surface area contributed by atoms with Crippen LogP contribution in [0.4, 0.5) is 8.78 Å². The second-order valence-electron chi connectivity index (χ2n) is 3.43. The van der Waals surface area contributed by atoms with E-state index in [0.717, 1.165) is 6.07 Å². The zero-order valence-electron chi connectivity index (χ0n) is 8.54. The lowest BCUT2D eigenvalue weighted by molar-refractivity contribution is 0.468. The molecule has 0 atom stereocenters. The fourth-order valence-electron chi connectivity index (χ4n) is 1.40. The largest absolute Gasteiger partial charge is 0.506 e. The number of pyridine rings is 1. The quantitative estimate of drug-likeness (QED) is 0.802. The predicted molar refractivity (Wildman–Crippen MR) is 56.0 cm³/mol. The minimum absolute atomic E-state index is 0.0475. The van der Waals surface area contributed by atoms with Crippen molar-refractivity contribution < 1.29 is 13.9 Å². The smallest absolute Gasteiger partial charge is 0.136 e. The third-order valence-corrected chi connectivity index (χ3v) is 2.27. The Labute approximate surface area is 91.2 Å². The van der Waals surface area contributed by atoms with Gasteiger partial charge >= 0.3 is 0 Å². The summed E-state index contributed by atoms with van der Waals surface area (Å²) in [7, 11) is 0. The van der Waals surface area contributed by atoms with Crippen molar-refractivity contribution in [1.82, 2.24) is 4.98 Å². The summed E-state index contributed by atoms with van der Waals surface area (Å²) in [6, 6.07) is 6.21. The van der Waals surface area contributed by atoms with Gasteiger partial charge in [-0.2, -0.15) is 0 Å². The van der Waals surface area contributed by atoms with Crippen LogP contribution in [0.5, 0.6) is 5.75 Å². The Bertz CT molecular complexity index is 541. The molecular formula is C12H9F2NO. The molecule has 82 valence electrons. The van der Waals surface area contributed by atoms with Crippen LogP contribution < -0.4 is 0 Å². The molecule has 0 radical (unpaired) electrons. The van der Waals surface area contributed by atoms with Gasteiger partial charge in [-0.15, -0.1) is 0 Å². The van der Waals surface area contributed by atoms with Gasteiger partial charge < -0.3 is 5.11 Å². The molecular weight excluding hydrogens is 212 g/mol. The van der Waals surface area contributed by atoms with E-state index < -0.39 is 11.6 Å². The zero-order valence-corrected chi connectivity index (χ0v) is 8.54. The van der Waals surface area contributed by atoms with Gasteiger partial charge in [0, 0.05) is 11.6 Å². The van der Waals surface area contributed by atoms with E-state index >= 15 is 0 Å². The molecule has 0 aliphatic rings. The van der Waals surface area contributed by atoms with Crippen molar-refractivity contribution in [3.63, 3.8) is 0 Å². The number of nitrogens with zero attached hydrogens (tertiary/aromatic N) is 1. The summed E-state index contributed by atoms with van der Waals surface area (Å²) in [6.45, 7) is 1.61. The first-order chi connectivity index (χ1) is 7.58. The third kappa shape index (κ3) is 1.86. The van der Waals surface area contributed by atoms with Crippen LogP contribution in [0.25, 0.3) is 11.3 Å². The maximum Gasteiger partial charge on any atom is 0.136 e. The number of aryl methyl sites for hydroxylation is 1. The van der Waals surface area contributed by atoms with Gasteiger partial charge in [0.15, 0.2) is 0 Å². The van der Waals surface area contributed by atoms with Gasteiger partial charge in [-0.25, -0.2) is 13.8 Å². The standard InChI is InChI=1S/C12H9F2NO/c1-7-12(16)5-4-11(15-7)9-3-2-8(13)6-10(9)14/h2-6,16H,1H3. The van der Waals surface area contributed by atoms with Crippen LogP contribution in [-0.4, -0.2) is 10.1 Å². The summed E-state index contributed by atoms with van der Waals surface area (Å²) in [5.74, 6) is -1.25. The van der Waals surface area contributed by atoms with Crippen molar-refractivity contribution in [3.05, 3.63) is 47.7 Å². The normalized spacial score (nSPS) is 10.4. The number of halogens is 2. The number of hydrogen-bond acceptors (Lipinski definition) is 2. The lowest BCUT2D eigenvalue weighted by Crippen LogP contribution is -1.91. The highest BCUT2D eigenvalue weighted by Crippen LogP contribution is 2.24. The highest BCUT2D eigenvalue weighted by Gasteiger charge is 2.08. The molecule has 1 N–H and O–H groups in total. The van der Waals surface area contributed by atoms with Crippen LogP contribution >= 0.6 is 0 Å². The molecule has 16 heavy (non-hydrogen) atoms. The molecule has 0 aliphatic heterocycles. The van der Waals surface area contributed by atoms with Crippen LogP contribution in [0.2, 0.25) is 0 Å². The minimum atomic E-state index is -0.669. The molecule has 0 spiro atoms. The van der Waals surface area contributed by atoms with Crippen molar-refractivity contribution in [1.29, 1.82) is 0 Å². The summed E-state index contributed by atoms with van der Waals surface area (Å²) in [5.41, 5.74) is 0.985. The van der Waals surface area contributed by atoms with Crippen molar-refractivity contribution in [2.75, 3.05) is 0 Å². The summed E-state index contributed by atoms with van der Waals surface area (Å²) >= 11 is 0. The molecule has 0 unspecified atom stereocenters. The second kappa shape index (κ2) is 3.89. The van der Waals surface area contributed by atoms with Crippen LogP contribution in [-0.2, 0) is 0 Å². The third-order valence-electron chi connectivity index (χ3n) is 2.27. The molecule has 0 saturated carbocycles. The Morgan fingerprint density at radius 1 is 1.12 bits per heavy atom. The monoisotopic (exact) mass is 221 g/mol. The second-order valence-corrected chi connectivity index (χ2v) is 3.43. The molecule has 2 nitrogen and oxygen atoms in total. The molecule has 0 aliphatic carbocycles. The average Bonchev–Trinajstić information content (AvgIpc) is 2.22. The SMILES string of the molecule is Cc1nc(-c2ccc(F)cc2F)ccc1O. The van der Waals surface area contributed by atoms with E-state index in [4.69, 9.17) is 0 Å². The van der Waals surface area contributed by atoms with Gasteiger partial charge in [-0.1, -0.05) is 0 Å². The lowest BCUT2D eigenvalue weighted by Gasteiger charge is -2.04. The van der Waals surface area contributed by atoms with Gasteiger partial charge in [-0.3, -0.25) is 0 Å². The molecule has 4 heteroatoms. The maximum absolute atomic E-state index is 13.4. The van der Waals surface area contributed by atoms with E-state index in [0.29, 0.717) is 11.4 Å². The first-order valence-corrected chi connectivity index (χ1v) is 4.70. The van der Waals surface area contributed by atoms with Crippen molar-refractivity contribution in [2.45, 2.75) is 6.92 Å². The van der Waals surface area contributed by atoms with E-state index in [1.165, 1.54) is 24.3 Å². The van der Waals surface area contributed by atoms with Gasteiger partial charge in [0.1, 0.15) is 17.4 Å². The van der Waals surface area contributed by atoms with E-state index in [1.54, 1.807) is 6.92 Å². The minimum Gasteiger partial charge on any atom is -0.506 e. The summed E-state index contributed by atoms with van der Waals surface area (Å²) in [5, 5.41) is 9.29. The molecule has 2 rings (SSSR count). The first kappa shape index (κ1) is 10.5. The van der Waals surface area contributed by atoms with Gasteiger partial charge in [0.05, 0.1) is 11.4 Å². The number of aromatic hydroxyl groups is 1. The highest BCUT2D eigenvalue weighted by atomic mass is 19.1. The zero-order chi connectivity index (χ0) is 11.7. The van der Waals surface area contributed by atoms with Crippen molar-refractivity contribution >= 4 is 0 Å². The molecule has 0 fully saturated rings. The summed E-state index contributed by atoms with van der Waals surface area (Å²) in [4.78, 5) is 4.02. The van der Waals surface area contributed by atoms with E-state index in [-0.39, 0.29) is 11.3 Å². The van der Waals surface area contributed by atoms with E-state index in [2.05, 4.69) is 4.98 Å². The Kier molecular flexibility index (Phi) is 2.56. The average molecular weight is 221 g/mol. The summed E-state index contributed by atoms with van der Waals surface area (Å²) < 4.78 is 26.1. The lowest BCUT2D eigenvalue weighted by atomic mass is 10.1. The Balaban J connectivity index is 2.54. The highest BCUT2D eigenvalue weighted by molar-refractivity contribution is 5.60. The molecule has 2 aromatic rings. The van der Waals surface area contributed by atoms with Gasteiger partial charge in [-0.05, 0) is 31.2 Å². The fourth-order valence-corrected chi connectivity index (χ4v) is 1.40. The van der Waals surface area contributed by atoms with Gasteiger partial charge in [0.25, 0.3) is 0 Å². The Hall–Kier alpha value is -1.97. The first-order valence-electron chi connectivity index (χ1n) is 4.70. The van der Waals surface area contributed by atoms with Crippen LogP contribution in [0.1, 0.15) is 5.69 Å². The molecule has 1 heterocycles. The molecule has 0 amide bonds. The molecule has 0 saturated heterocycles. The topological polar surface area (TPSA) is 33.1 Å². The molecule has 1 aromatic carbocycles. The van der Waals surface area contributed by atoms with Crippen molar-refractivity contribution in [3.8, 4) is 17.0 Å². The van der Waals surface area contributed by atoms with E-state index in [9.17, 15) is 13.9 Å². The number of hydrogen-bond donors (Lipinski definition) is 1. The molecule has 1 aromatic heterocycles. The maximum atomic E-state index is 13.4. The fraction of sp³-hybridized carbons (Fsp3) is 0.0833. The molecule has 0 bridgehead atoms. The van der Waals surface area contributed by atoms with E-state index in [1.807, 2.05) is 0 Å². The van der Waals surface area contributed by atoms with Crippen LogP contribution in [0.15, 0.2) is 30.3 Å².